The summed E-state index contributed by atoms with van der Waals surface area (Å²) >= 11 is 7.09. The summed E-state index contributed by atoms with van der Waals surface area (Å²) in [6.07, 6.45) is 4.28. The highest BCUT2D eigenvalue weighted by Gasteiger charge is 2.69. The first-order chi connectivity index (χ1) is 14.8. The quantitative estimate of drug-likeness (QED) is 0.511. The molecule has 0 aromatic carbocycles. The number of allylic oxidation sites excluding steroid dienone is 2. The van der Waals surface area contributed by atoms with Crippen molar-refractivity contribution in [3.05, 3.63) is 20.6 Å². The summed E-state index contributed by atoms with van der Waals surface area (Å²) in [5.41, 5.74) is -1.17. The second-order valence-corrected chi connectivity index (χ2v) is 12.9. The fraction of sp³-hybridized carbons (Fsp3) is 0.667. The zero-order valence-corrected chi connectivity index (χ0v) is 21.7. The van der Waals surface area contributed by atoms with Crippen molar-refractivity contribution in [1.82, 2.24) is 0 Å². The maximum atomic E-state index is 13.7. The van der Waals surface area contributed by atoms with E-state index in [4.69, 9.17) is 4.74 Å². The lowest BCUT2D eigenvalue weighted by Crippen LogP contribution is -2.61. The first kappa shape index (κ1) is 24.0. The van der Waals surface area contributed by atoms with Gasteiger partial charge < -0.3 is 9.84 Å². The summed E-state index contributed by atoms with van der Waals surface area (Å²) < 4.78 is 5.66. The van der Waals surface area contributed by atoms with Crippen LogP contribution in [0.5, 0.6) is 0 Å². The average Bonchev–Trinajstić information content (AvgIpc) is 2.97. The number of ketones is 3. The fourth-order valence-electron chi connectivity index (χ4n) is 7.21. The lowest BCUT2D eigenvalue weighted by atomic mass is 9.45. The minimum absolute atomic E-state index is 0.0400. The molecule has 0 spiro atoms. The molecular formula is C24H28Br2O6. The summed E-state index contributed by atoms with van der Waals surface area (Å²) in [6.45, 7) is 4.66. The number of rotatable bonds is 3. The number of ether oxygens (including phenoxy) is 1. The SMILES string of the molecule is CC(=O)OCC(=O)[C@]1(O)CC[C@H]2[C@@H]3CC(=C(Br)Br)C4=CC(=O)CC[C@]4(C)[C@H]3C(=O)C[C@@]21C. The number of halogens is 2. The van der Waals surface area contributed by atoms with Gasteiger partial charge in [0.15, 0.2) is 12.4 Å². The Morgan fingerprint density at radius 1 is 1.22 bits per heavy atom. The maximum absolute atomic E-state index is 13.7. The molecule has 6 nitrogen and oxygen atoms in total. The Hall–Kier alpha value is -1.12. The number of aliphatic hydroxyl groups is 1. The highest BCUT2D eigenvalue weighted by Crippen LogP contribution is 2.68. The van der Waals surface area contributed by atoms with E-state index in [1.807, 2.05) is 6.92 Å². The first-order valence-corrected chi connectivity index (χ1v) is 12.6. The number of esters is 1. The largest absolute Gasteiger partial charge is 0.458 e. The summed E-state index contributed by atoms with van der Waals surface area (Å²) in [4.78, 5) is 50.2. The van der Waals surface area contributed by atoms with Crippen molar-refractivity contribution in [3.63, 3.8) is 0 Å². The third-order valence-corrected chi connectivity index (χ3v) is 9.73. The van der Waals surface area contributed by atoms with E-state index in [2.05, 4.69) is 38.8 Å². The van der Waals surface area contributed by atoms with E-state index in [-0.39, 0.29) is 42.2 Å². The van der Waals surface area contributed by atoms with Gasteiger partial charge in [-0.3, -0.25) is 19.2 Å². The van der Waals surface area contributed by atoms with Gasteiger partial charge in [0.2, 0.25) is 5.78 Å². The highest BCUT2D eigenvalue weighted by atomic mass is 79.9. The van der Waals surface area contributed by atoms with Gasteiger partial charge in [0.1, 0.15) is 11.4 Å². The predicted molar refractivity (Wildman–Crippen MR) is 124 cm³/mol. The Morgan fingerprint density at radius 3 is 2.53 bits per heavy atom. The van der Waals surface area contributed by atoms with Crippen molar-refractivity contribution in [3.8, 4) is 0 Å². The molecule has 0 aromatic rings. The molecule has 0 aromatic heterocycles. The van der Waals surface area contributed by atoms with Crippen LogP contribution in [0.3, 0.4) is 0 Å². The molecule has 0 saturated heterocycles. The summed E-state index contributed by atoms with van der Waals surface area (Å²) in [6, 6.07) is 0. The standard InChI is InChI=1S/C24H28Br2O6/c1-12(27)32-11-19(30)24(31)7-5-16-14-9-15(21(25)26)17-8-13(28)4-6-22(17,2)20(14)18(29)10-23(16,24)3/h8,14,16,20,31H,4-7,9-11H2,1-3H3/t14-,16-,20+,22-,23-,24+/m0/s1. The molecule has 4 aliphatic rings. The molecule has 6 atom stereocenters. The minimum Gasteiger partial charge on any atom is -0.458 e. The van der Waals surface area contributed by atoms with Crippen LogP contribution in [0.15, 0.2) is 20.6 Å². The van der Waals surface area contributed by atoms with E-state index in [1.54, 1.807) is 6.08 Å². The van der Waals surface area contributed by atoms with Gasteiger partial charge in [0.05, 0.1) is 3.39 Å². The molecule has 8 heteroatoms. The molecule has 0 radical (unpaired) electrons. The number of Topliss-reactive ketones (excluding diaryl/α,β-unsaturated/α-hetero) is 2. The molecule has 0 aliphatic heterocycles. The van der Waals surface area contributed by atoms with E-state index >= 15 is 0 Å². The molecule has 32 heavy (non-hydrogen) atoms. The van der Waals surface area contributed by atoms with Gasteiger partial charge in [0, 0.05) is 36.5 Å². The normalized spacial score (nSPS) is 40.8. The van der Waals surface area contributed by atoms with Crippen LogP contribution in [0.1, 0.15) is 59.3 Å². The van der Waals surface area contributed by atoms with Crippen molar-refractivity contribution >= 4 is 55.2 Å². The van der Waals surface area contributed by atoms with Gasteiger partial charge >= 0.3 is 5.97 Å². The van der Waals surface area contributed by atoms with Crippen LogP contribution >= 0.6 is 31.9 Å². The topological polar surface area (TPSA) is 97.7 Å². The Morgan fingerprint density at radius 2 is 1.91 bits per heavy atom. The maximum Gasteiger partial charge on any atom is 0.303 e. The predicted octanol–water partition coefficient (Wildman–Crippen LogP) is 4.17. The van der Waals surface area contributed by atoms with E-state index in [0.29, 0.717) is 25.7 Å². The molecular weight excluding hydrogens is 544 g/mol. The van der Waals surface area contributed by atoms with Crippen molar-refractivity contribution in [2.24, 2.45) is 28.6 Å². The second-order valence-electron chi connectivity index (χ2n) is 10.3. The molecule has 0 heterocycles. The zero-order valence-electron chi connectivity index (χ0n) is 18.5. The number of hydrogen-bond donors (Lipinski definition) is 1. The van der Waals surface area contributed by atoms with Gasteiger partial charge in [-0.25, -0.2) is 0 Å². The van der Waals surface area contributed by atoms with Crippen molar-refractivity contribution < 1.29 is 29.0 Å². The lowest BCUT2D eigenvalue weighted by molar-refractivity contribution is -0.172. The van der Waals surface area contributed by atoms with Crippen molar-refractivity contribution in [1.29, 1.82) is 0 Å². The molecule has 3 fully saturated rings. The molecule has 174 valence electrons. The van der Waals surface area contributed by atoms with Crippen LogP contribution in [0.2, 0.25) is 0 Å². The number of fused-ring (bicyclic) bond motifs is 5. The van der Waals surface area contributed by atoms with Gasteiger partial charge in [-0.2, -0.15) is 0 Å². The lowest BCUT2D eigenvalue weighted by Gasteiger charge is -2.58. The second kappa shape index (κ2) is 7.98. The van der Waals surface area contributed by atoms with E-state index in [9.17, 15) is 24.3 Å². The first-order valence-electron chi connectivity index (χ1n) is 11.1. The van der Waals surface area contributed by atoms with Crippen LogP contribution in [0, 0.1) is 28.6 Å². The van der Waals surface area contributed by atoms with Crippen LogP contribution in [0.4, 0.5) is 0 Å². The van der Waals surface area contributed by atoms with Crippen LogP contribution < -0.4 is 0 Å². The average molecular weight is 572 g/mol. The van der Waals surface area contributed by atoms with E-state index in [0.717, 1.165) is 14.5 Å². The monoisotopic (exact) mass is 570 g/mol. The van der Waals surface area contributed by atoms with Gasteiger partial charge in [-0.05, 0) is 86.6 Å². The molecule has 0 bridgehead atoms. The molecule has 0 unspecified atom stereocenters. The number of hydrogen-bond acceptors (Lipinski definition) is 6. The minimum atomic E-state index is -1.71. The molecule has 4 rings (SSSR count). The van der Waals surface area contributed by atoms with Gasteiger partial charge in [0.25, 0.3) is 0 Å². The smallest absolute Gasteiger partial charge is 0.303 e. The fourth-order valence-corrected chi connectivity index (χ4v) is 7.96. The Balaban J connectivity index is 1.76. The van der Waals surface area contributed by atoms with Gasteiger partial charge in [-0.15, -0.1) is 0 Å². The van der Waals surface area contributed by atoms with E-state index < -0.39 is 34.8 Å². The van der Waals surface area contributed by atoms with Crippen LogP contribution in [-0.4, -0.2) is 40.6 Å². The third-order valence-electron chi connectivity index (χ3n) is 8.77. The molecule has 1 N–H and O–H groups in total. The Bertz CT molecular complexity index is 979. The van der Waals surface area contributed by atoms with Crippen molar-refractivity contribution in [2.75, 3.05) is 6.61 Å². The summed E-state index contributed by atoms with van der Waals surface area (Å²) in [7, 11) is 0. The molecule has 0 amide bonds. The molecule has 4 aliphatic carbocycles. The van der Waals surface area contributed by atoms with E-state index in [1.165, 1.54) is 6.92 Å². The highest BCUT2D eigenvalue weighted by molar-refractivity contribution is 9.28. The third kappa shape index (κ3) is 3.35. The van der Waals surface area contributed by atoms with Crippen molar-refractivity contribution in [2.45, 2.75) is 64.9 Å². The zero-order chi connectivity index (χ0) is 23.6. The Labute approximate surface area is 204 Å². The van der Waals surface area contributed by atoms with Crippen LogP contribution in [0.25, 0.3) is 0 Å². The summed E-state index contributed by atoms with van der Waals surface area (Å²) in [5, 5.41) is 11.6. The molecule has 3 saturated carbocycles. The summed E-state index contributed by atoms with van der Waals surface area (Å²) in [5.74, 6) is -1.34. The Kier molecular flexibility index (Phi) is 5.99. The van der Waals surface area contributed by atoms with Crippen LogP contribution in [-0.2, 0) is 23.9 Å². The van der Waals surface area contributed by atoms with Gasteiger partial charge in [-0.1, -0.05) is 13.8 Å². The number of carbonyl (C=O) groups is 4. The number of carbonyl (C=O) groups excluding carboxylic acids is 4.